The highest BCUT2D eigenvalue weighted by Gasteiger charge is 2.29. The predicted octanol–water partition coefficient (Wildman–Crippen LogP) is -2.79. The normalized spacial score (nSPS) is 17.0. The summed E-state index contributed by atoms with van der Waals surface area (Å²) in [7, 11) is 0. The van der Waals surface area contributed by atoms with Crippen LogP contribution in [0.3, 0.4) is 0 Å². The number of aliphatic carboxylic acids is 1. The van der Waals surface area contributed by atoms with Crippen LogP contribution in [0.2, 0.25) is 0 Å². The molecule has 6 nitrogen and oxygen atoms in total. The number of piperazine rings is 1. The molecule has 4 N–H and O–H groups in total. The fourth-order valence-corrected chi connectivity index (χ4v) is 3.03. The minimum atomic E-state index is -1.15. The summed E-state index contributed by atoms with van der Waals surface area (Å²) in [5, 5.41) is 16.3. The van der Waals surface area contributed by atoms with E-state index in [4.69, 9.17) is 0 Å². The van der Waals surface area contributed by atoms with Crippen molar-refractivity contribution in [2.45, 2.75) is 26.3 Å². The molecule has 0 aromatic heterocycles. The number of benzene rings is 1. The van der Waals surface area contributed by atoms with Gasteiger partial charge in [-0.15, -0.1) is 0 Å². The van der Waals surface area contributed by atoms with Crippen molar-refractivity contribution in [3.63, 3.8) is 0 Å². The van der Waals surface area contributed by atoms with Crippen molar-refractivity contribution in [3.05, 3.63) is 29.3 Å². The molecule has 1 aliphatic heterocycles. The minimum Gasteiger partial charge on any atom is -0.544 e. The molecule has 1 atom stereocenters. The molecule has 1 amide bonds. The zero-order chi connectivity index (χ0) is 16.1. The van der Waals surface area contributed by atoms with Gasteiger partial charge in [0.05, 0.1) is 12.4 Å². The van der Waals surface area contributed by atoms with Gasteiger partial charge in [0.15, 0.2) is 0 Å². The number of hydrogen-bond acceptors (Lipinski definition) is 3. The quantitative estimate of drug-likeness (QED) is 0.549. The van der Waals surface area contributed by atoms with E-state index in [1.807, 2.05) is 32.0 Å². The molecule has 120 valence electrons. The summed E-state index contributed by atoms with van der Waals surface area (Å²) in [4.78, 5) is 24.5. The van der Waals surface area contributed by atoms with Crippen LogP contribution < -0.4 is 20.6 Å². The lowest BCUT2D eigenvalue weighted by molar-refractivity contribution is -0.961. The van der Waals surface area contributed by atoms with Gasteiger partial charge in [-0.1, -0.05) is 6.07 Å². The van der Waals surface area contributed by atoms with Gasteiger partial charge in [0.1, 0.15) is 32.2 Å². The predicted molar refractivity (Wildman–Crippen MR) is 80.3 cm³/mol. The second kappa shape index (κ2) is 7.38. The van der Waals surface area contributed by atoms with Crippen LogP contribution in [0.4, 0.5) is 5.69 Å². The standard InChI is InChI=1S/C16H23N3O3/c1-11-7-12(2)9-13(8-11)18-15(20)10-14(16(21)22)19-5-3-17-4-6-19/h7-9,14,17H,3-6,10H2,1-2H3,(H,18,20)(H,21,22)/p+1/t14-/m0/s1. The van der Waals surface area contributed by atoms with Gasteiger partial charge in [-0.3, -0.25) is 4.79 Å². The molecule has 1 heterocycles. The smallest absolute Gasteiger partial charge is 0.230 e. The van der Waals surface area contributed by atoms with Gasteiger partial charge in [-0.05, 0) is 37.1 Å². The summed E-state index contributed by atoms with van der Waals surface area (Å²) in [5.41, 5.74) is 2.83. The third-order valence-electron chi connectivity index (χ3n) is 4.01. The van der Waals surface area contributed by atoms with Crippen LogP contribution in [0, 0.1) is 13.8 Å². The van der Waals surface area contributed by atoms with Crippen LogP contribution in [0.1, 0.15) is 17.5 Å². The van der Waals surface area contributed by atoms with Crippen molar-refractivity contribution in [1.82, 2.24) is 0 Å². The number of amides is 1. The molecule has 0 saturated carbocycles. The van der Waals surface area contributed by atoms with Crippen molar-refractivity contribution < 1.29 is 24.9 Å². The van der Waals surface area contributed by atoms with Crippen LogP contribution in [0.25, 0.3) is 0 Å². The summed E-state index contributed by atoms with van der Waals surface area (Å²) in [6.07, 6.45) is -0.0509. The second-order valence-corrected chi connectivity index (χ2v) is 6.02. The fraction of sp³-hybridized carbons (Fsp3) is 0.500. The van der Waals surface area contributed by atoms with Gasteiger partial charge in [-0.25, -0.2) is 0 Å². The first-order valence-corrected chi connectivity index (χ1v) is 7.71. The molecule has 6 heteroatoms. The van der Waals surface area contributed by atoms with Gasteiger partial charge in [-0.2, -0.15) is 0 Å². The molecule has 2 rings (SSSR count). The Labute approximate surface area is 130 Å². The highest BCUT2D eigenvalue weighted by Crippen LogP contribution is 2.14. The van der Waals surface area contributed by atoms with E-state index in [-0.39, 0.29) is 12.3 Å². The van der Waals surface area contributed by atoms with E-state index in [0.717, 1.165) is 42.2 Å². The average Bonchev–Trinajstić information content (AvgIpc) is 2.44. The topological polar surface area (TPSA) is 90.3 Å². The van der Waals surface area contributed by atoms with Crippen molar-refractivity contribution in [3.8, 4) is 0 Å². The Kier molecular flexibility index (Phi) is 5.51. The van der Waals surface area contributed by atoms with Gasteiger partial charge >= 0.3 is 0 Å². The Balaban J connectivity index is 2.00. The van der Waals surface area contributed by atoms with E-state index in [9.17, 15) is 14.7 Å². The summed E-state index contributed by atoms with van der Waals surface area (Å²) < 4.78 is 0. The van der Waals surface area contributed by atoms with Gasteiger partial charge in [0.25, 0.3) is 0 Å². The number of hydrogen-bond donors (Lipinski definition) is 3. The maximum absolute atomic E-state index is 12.2. The molecule has 22 heavy (non-hydrogen) atoms. The van der Waals surface area contributed by atoms with Gasteiger partial charge in [0.2, 0.25) is 5.91 Å². The van der Waals surface area contributed by atoms with Crippen molar-refractivity contribution >= 4 is 17.6 Å². The minimum absolute atomic E-state index is 0.0509. The number of nitrogens with two attached hydrogens (primary N) is 1. The number of carboxylic acids is 1. The number of rotatable bonds is 5. The number of carbonyl (C=O) groups excluding carboxylic acids is 2. The molecule has 1 aromatic carbocycles. The SMILES string of the molecule is Cc1cc(C)cc(NC(=O)C[C@@H](C(=O)[O-])[NH+]2CC[NH2+]CC2)c1. The Morgan fingerprint density at radius 2 is 1.82 bits per heavy atom. The molecule has 1 fully saturated rings. The largest absolute Gasteiger partial charge is 0.544 e. The maximum Gasteiger partial charge on any atom is 0.230 e. The Hall–Kier alpha value is -1.92. The van der Waals surface area contributed by atoms with Crippen LogP contribution in [0.5, 0.6) is 0 Å². The number of carbonyl (C=O) groups is 2. The highest BCUT2D eigenvalue weighted by molar-refractivity contribution is 5.93. The van der Waals surface area contributed by atoms with Crippen molar-refractivity contribution in [1.29, 1.82) is 0 Å². The molecular formula is C16H24N3O3+. The average molecular weight is 306 g/mol. The molecule has 0 radical (unpaired) electrons. The second-order valence-electron chi connectivity index (χ2n) is 6.02. The molecule has 1 aliphatic rings. The molecule has 0 aliphatic carbocycles. The Morgan fingerprint density at radius 1 is 1.23 bits per heavy atom. The summed E-state index contributed by atoms with van der Waals surface area (Å²) in [6, 6.07) is 5.00. The third-order valence-corrected chi connectivity index (χ3v) is 4.01. The number of carboxylic acid groups (broad SMARTS) is 1. The lowest BCUT2D eigenvalue weighted by Gasteiger charge is -2.30. The third kappa shape index (κ3) is 4.54. The number of aryl methyl sites for hydroxylation is 2. The van der Waals surface area contributed by atoms with E-state index in [0.29, 0.717) is 5.69 Å². The van der Waals surface area contributed by atoms with Gasteiger partial charge < -0.3 is 25.4 Å². The molecule has 0 unspecified atom stereocenters. The molecule has 1 aromatic rings. The van der Waals surface area contributed by atoms with E-state index in [1.54, 1.807) is 0 Å². The van der Waals surface area contributed by atoms with Crippen LogP contribution in [-0.4, -0.2) is 44.1 Å². The molecule has 0 bridgehead atoms. The summed E-state index contributed by atoms with van der Waals surface area (Å²) in [6.45, 7) is 7.18. The lowest BCUT2D eigenvalue weighted by atomic mass is 10.1. The monoisotopic (exact) mass is 306 g/mol. The summed E-state index contributed by atoms with van der Waals surface area (Å²) in [5.74, 6) is -1.42. The lowest BCUT2D eigenvalue weighted by Crippen LogP contribution is -3.24. The van der Waals surface area contributed by atoms with E-state index in [2.05, 4.69) is 10.6 Å². The van der Waals surface area contributed by atoms with Crippen LogP contribution >= 0.6 is 0 Å². The van der Waals surface area contributed by atoms with Crippen LogP contribution in [0.15, 0.2) is 18.2 Å². The van der Waals surface area contributed by atoms with E-state index >= 15 is 0 Å². The molecule has 1 saturated heterocycles. The molecule has 0 spiro atoms. The van der Waals surface area contributed by atoms with E-state index < -0.39 is 12.0 Å². The fourth-order valence-electron chi connectivity index (χ4n) is 3.03. The Morgan fingerprint density at radius 3 is 2.36 bits per heavy atom. The Bertz CT molecular complexity index is 533. The number of anilines is 1. The van der Waals surface area contributed by atoms with Crippen molar-refractivity contribution in [2.24, 2.45) is 0 Å². The molecular weight excluding hydrogens is 282 g/mol. The first-order valence-electron chi connectivity index (χ1n) is 7.71. The van der Waals surface area contributed by atoms with E-state index in [1.165, 1.54) is 0 Å². The zero-order valence-corrected chi connectivity index (χ0v) is 13.1. The summed E-state index contributed by atoms with van der Waals surface area (Å²) >= 11 is 0. The first-order chi connectivity index (χ1) is 10.5. The number of nitrogens with one attached hydrogen (secondary N) is 2. The van der Waals surface area contributed by atoms with Crippen LogP contribution in [-0.2, 0) is 9.59 Å². The zero-order valence-electron chi connectivity index (χ0n) is 13.1. The number of quaternary nitrogens is 2. The van der Waals surface area contributed by atoms with Gasteiger partial charge in [0, 0.05) is 5.69 Å². The first kappa shape index (κ1) is 16.5. The van der Waals surface area contributed by atoms with Crippen molar-refractivity contribution in [2.75, 3.05) is 31.5 Å². The highest BCUT2D eigenvalue weighted by atomic mass is 16.4. The maximum atomic E-state index is 12.2.